The largest absolute Gasteiger partial charge is 0.386 e. The van der Waals surface area contributed by atoms with Crippen molar-refractivity contribution in [3.8, 4) is 0 Å². The van der Waals surface area contributed by atoms with Gasteiger partial charge in [-0.2, -0.15) is 0 Å². The van der Waals surface area contributed by atoms with Gasteiger partial charge in [0.2, 0.25) is 0 Å². The molecule has 0 aliphatic heterocycles. The van der Waals surface area contributed by atoms with Gasteiger partial charge in [-0.1, -0.05) is 33.8 Å². The van der Waals surface area contributed by atoms with Gasteiger partial charge >= 0.3 is 0 Å². The predicted molar refractivity (Wildman–Crippen MR) is 68.2 cm³/mol. The molecule has 0 spiro atoms. The van der Waals surface area contributed by atoms with E-state index >= 15 is 0 Å². The van der Waals surface area contributed by atoms with Crippen molar-refractivity contribution in [1.29, 1.82) is 0 Å². The minimum absolute atomic E-state index is 0.156. The number of hydrogen-bond acceptors (Lipinski definition) is 1. The van der Waals surface area contributed by atoms with Gasteiger partial charge in [0.25, 0.3) is 0 Å². The molecule has 0 aromatic rings. The number of rotatable bonds is 0. The Hall–Kier alpha value is -0.300. The van der Waals surface area contributed by atoms with E-state index in [0.717, 1.165) is 18.4 Å². The molecule has 0 saturated heterocycles. The van der Waals surface area contributed by atoms with Crippen molar-refractivity contribution in [3.63, 3.8) is 0 Å². The zero-order valence-corrected chi connectivity index (χ0v) is 11.3. The van der Waals surface area contributed by atoms with Crippen LogP contribution in [0.4, 0.5) is 0 Å². The second-order valence-electron chi connectivity index (χ2n) is 7.10. The Balaban J connectivity index is 2.38. The Kier molecular flexibility index (Phi) is 2.55. The van der Waals surface area contributed by atoms with E-state index in [2.05, 4.69) is 27.4 Å². The molecule has 92 valence electrons. The van der Waals surface area contributed by atoms with E-state index in [-0.39, 0.29) is 5.41 Å². The third-order valence-electron chi connectivity index (χ3n) is 5.49. The maximum atomic E-state index is 10.4. The minimum atomic E-state index is -0.640. The smallest absolute Gasteiger partial charge is 0.0831 e. The standard InChI is InChI=1S/C15H26O/c1-11-14(4)9-6-8-13(2,3)12(14)7-10-15(11,5)16/h12,16H,1,6-10H2,2-5H3. The Labute approximate surface area is 99.9 Å². The van der Waals surface area contributed by atoms with E-state index in [1.807, 2.05) is 6.92 Å². The summed E-state index contributed by atoms with van der Waals surface area (Å²) in [6, 6.07) is 0. The molecule has 0 aromatic heterocycles. The Morgan fingerprint density at radius 2 is 1.75 bits per heavy atom. The van der Waals surface area contributed by atoms with Gasteiger partial charge in [0.1, 0.15) is 0 Å². The number of aliphatic hydroxyl groups is 1. The average molecular weight is 222 g/mol. The van der Waals surface area contributed by atoms with Gasteiger partial charge < -0.3 is 5.11 Å². The third-order valence-corrected chi connectivity index (χ3v) is 5.49. The van der Waals surface area contributed by atoms with Gasteiger partial charge in [0.05, 0.1) is 5.60 Å². The maximum Gasteiger partial charge on any atom is 0.0831 e. The fourth-order valence-corrected chi connectivity index (χ4v) is 4.38. The first-order chi connectivity index (χ1) is 7.20. The summed E-state index contributed by atoms with van der Waals surface area (Å²) in [5, 5.41) is 10.4. The molecule has 0 radical (unpaired) electrons. The molecule has 3 atom stereocenters. The van der Waals surface area contributed by atoms with Crippen LogP contribution in [-0.4, -0.2) is 10.7 Å². The molecular formula is C15H26O. The molecule has 2 fully saturated rings. The molecule has 1 N–H and O–H groups in total. The predicted octanol–water partition coefficient (Wildman–Crippen LogP) is 3.92. The van der Waals surface area contributed by atoms with Crippen LogP contribution in [0.3, 0.4) is 0 Å². The van der Waals surface area contributed by atoms with E-state index in [9.17, 15) is 5.11 Å². The van der Waals surface area contributed by atoms with E-state index in [0.29, 0.717) is 11.3 Å². The van der Waals surface area contributed by atoms with Crippen LogP contribution in [0.2, 0.25) is 0 Å². The summed E-state index contributed by atoms with van der Waals surface area (Å²) in [6.45, 7) is 13.3. The van der Waals surface area contributed by atoms with Gasteiger partial charge in [-0.25, -0.2) is 0 Å². The average Bonchev–Trinajstić information content (AvgIpc) is 2.12. The first-order valence-electron chi connectivity index (χ1n) is 6.62. The Morgan fingerprint density at radius 3 is 2.38 bits per heavy atom. The summed E-state index contributed by atoms with van der Waals surface area (Å²) in [4.78, 5) is 0. The van der Waals surface area contributed by atoms with Crippen LogP contribution < -0.4 is 0 Å². The normalized spacial score (nSPS) is 47.6. The fraction of sp³-hybridized carbons (Fsp3) is 0.867. The first kappa shape index (κ1) is 12.2. The number of fused-ring (bicyclic) bond motifs is 1. The van der Waals surface area contributed by atoms with Crippen LogP contribution in [0.5, 0.6) is 0 Å². The second-order valence-corrected chi connectivity index (χ2v) is 7.10. The van der Waals surface area contributed by atoms with Gasteiger partial charge in [-0.05, 0) is 54.9 Å². The lowest BCUT2D eigenvalue weighted by molar-refractivity contribution is -0.0599. The van der Waals surface area contributed by atoms with Gasteiger partial charge in [-0.15, -0.1) is 0 Å². The molecule has 0 aromatic carbocycles. The summed E-state index contributed by atoms with van der Waals surface area (Å²) in [5.74, 6) is 0.696. The van der Waals surface area contributed by atoms with Crippen LogP contribution in [0.25, 0.3) is 0 Å². The van der Waals surface area contributed by atoms with E-state index in [4.69, 9.17) is 0 Å². The topological polar surface area (TPSA) is 20.2 Å². The maximum absolute atomic E-state index is 10.4. The molecule has 2 rings (SSSR count). The van der Waals surface area contributed by atoms with Crippen molar-refractivity contribution in [2.24, 2.45) is 16.7 Å². The molecule has 3 unspecified atom stereocenters. The van der Waals surface area contributed by atoms with Crippen molar-refractivity contribution in [1.82, 2.24) is 0 Å². The first-order valence-corrected chi connectivity index (χ1v) is 6.62. The molecule has 16 heavy (non-hydrogen) atoms. The molecule has 2 saturated carbocycles. The highest BCUT2D eigenvalue weighted by Crippen LogP contribution is 2.61. The second kappa shape index (κ2) is 3.35. The summed E-state index contributed by atoms with van der Waals surface area (Å²) in [7, 11) is 0. The fourth-order valence-electron chi connectivity index (χ4n) is 4.38. The molecule has 2 aliphatic rings. The van der Waals surface area contributed by atoms with E-state index < -0.39 is 5.60 Å². The molecule has 1 nitrogen and oxygen atoms in total. The summed E-state index contributed by atoms with van der Waals surface area (Å²) in [5.41, 5.74) is 1.01. The molecule has 0 heterocycles. The highest BCUT2D eigenvalue weighted by molar-refractivity contribution is 5.26. The molecule has 1 heteroatoms. The molecule has 0 amide bonds. The SMILES string of the molecule is C=C1C(C)(O)CCC2C(C)(C)CCCC12C. The van der Waals surface area contributed by atoms with Crippen LogP contribution in [0, 0.1) is 16.7 Å². The van der Waals surface area contributed by atoms with Crippen molar-refractivity contribution in [2.75, 3.05) is 0 Å². The summed E-state index contributed by atoms with van der Waals surface area (Å²) >= 11 is 0. The van der Waals surface area contributed by atoms with Crippen LogP contribution >= 0.6 is 0 Å². The summed E-state index contributed by atoms with van der Waals surface area (Å²) < 4.78 is 0. The Morgan fingerprint density at radius 1 is 1.12 bits per heavy atom. The van der Waals surface area contributed by atoms with Crippen molar-refractivity contribution < 1.29 is 5.11 Å². The van der Waals surface area contributed by atoms with Crippen molar-refractivity contribution in [3.05, 3.63) is 12.2 Å². The lowest BCUT2D eigenvalue weighted by Gasteiger charge is -2.58. The van der Waals surface area contributed by atoms with Gasteiger partial charge in [0.15, 0.2) is 0 Å². The summed E-state index contributed by atoms with van der Waals surface area (Å²) in [6.07, 6.45) is 5.83. The van der Waals surface area contributed by atoms with E-state index in [1.54, 1.807) is 0 Å². The van der Waals surface area contributed by atoms with Gasteiger partial charge in [0, 0.05) is 0 Å². The van der Waals surface area contributed by atoms with Crippen molar-refractivity contribution in [2.45, 2.75) is 65.4 Å². The van der Waals surface area contributed by atoms with Gasteiger partial charge in [-0.3, -0.25) is 0 Å². The van der Waals surface area contributed by atoms with Crippen LogP contribution in [0.1, 0.15) is 59.8 Å². The monoisotopic (exact) mass is 222 g/mol. The molecule has 2 aliphatic carbocycles. The van der Waals surface area contributed by atoms with Crippen LogP contribution in [-0.2, 0) is 0 Å². The quantitative estimate of drug-likeness (QED) is 0.616. The highest BCUT2D eigenvalue weighted by Gasteiger charge is 2.54. The third kappa shape index (κ3) is 1.55. The highest BCUT2D eigenvalue weighted by atomic mass is 16.3. The lowest BCUT2D eigenvalue weighted by atomic mass is 9.48. The van der Waals surface area contributed by atoms with Crippen LogP contribution in [0.15, 0.2) is 12.2 Å². The Bertz CT molecular complexity index is 313. The molecule has 0 bridgehead atoms. The zero-order valence-electron chi connectivity index (χ0n) is 11.3. The lowest BCUT2D eigenvalue weighted by Crippen LogP contribution is -2.52. The molecular weight excluding hydrogens is 196 g/mol. The number of hydrogen-bond donors (Lipinski definition) is 1. The van der Waals surface area contributed by atoms with Crippen molar-refractivity contribution >= 4 is 0 Å². The minimum Gasteiger partial charge on any atom is -0.386 e. The van der Waals surface area contributed by atoms with E-state index in [1.165, 1.54) is 19.3 Å². The zero-order chi connectivity index (χ0) is 12.2.